The first-order valence-corrected chi connectivity index (χ1v) is 7.84. The zero-order valence-corrected chi connectivity index (χ0v) is 12.4. The van der Waals surface area contributed by atoms with Gasteiger partial charge in [-0.3, -0.25) is 9.69 Å². The maximum Gasteiger partial charge on any atom is 0.317 e. The first-order valence-electron chi connectivity index (χ1n) is 6.96. The maximum absolute atomic E-state index is 11.0. The molecule has 1 fully saturated rings. The van der Waals surface area contributed by atoms with Gasteiger partial charge in [-0.2, -0.15) is 0 Å². The van der Waals surface area contributed by atoms with Gasteiger partial charge < -0.3 is 5.11 Å². The second-order valence-corrected chi connectivity index (χ2v) is 6.46. The van der Waals surface area contributed by atoms with E-state index in [0.717, 1.165) is 23.5 Å². The fourth-order valence-corrected chi connectivity index (χ4v) is 3.45. The molecule has 1 aliphatic rings. The smallest absolute Gasteiger partial charge is 0.317 e. The Morgan fingerprint density at radius 1 is 1.53 bits per heavy atom. The lowest BCUT2D eigenvalue weighted by Crippen LogP contribution is -2.37. The molecule has 0 saturated heterocycles. The van der Waals surface area contributed by atoms with Crippen molar-refractivity contribution in [3.05, 3.63) is 16.1 Å². The molecule has 4 nitrogen and oxygen atoms in total. The summed E-state index contributed by atoms with van der Waals surface area (Å²) < 4.78 is 0. The number of thiazole rings is 1. The highest BCUT2D eigenvalue weighted by atomic mass is 32.1. The highest BCUT2D eigenvalue weighted by Crippen LogP contribution is 2.26. The lowest BCUT2D eigenvalue weighted by atomic mass is 10.2. The van der Waals surface area contributed by atoms with Crippen LogP contribution in [0.1, 0.15) is 56.2 Å². The van der Waals surface area contributed by atoms with Crippen LogP contribution in [0, 0.1) is 0 Å². The summed E-state index contributed by atoms with van der Waals surface area (Å²) in [5.41, 5.74) is 1.02. The third-order valence-corrected chi connectivity index (χ3v) is 4.80. The van der Waals surface area contributed by atoms with Crippen LogP contribution >= 0.6 is 11.3 Å². The first kappa shape index (κ1) is 14.5. The van der Waals surface area contributed by atoms with Gasteiger partial charge in [0.1, 0.15) is 0 Å². The summed E-state index contributed by atoms with van der Waals surface area (Å²) in [4.78, 5) is 17.7. The molecule has 0 spiro atoms. The van der Waals surface area contributed by atoms with Crippen LogP contribution in [0.25, 0.3) is 0 Å². The highest BCUT2D eigenvalue weighted by Gasteiger charge is 2.25. The number of nitrogens with zero attached hydrogens (tertiary/aromatic N) is 2. The van der Waals surface area contributed by atoms with Gasteiger partial charge in [0, 0.05) is 23.9 Å². The van der Waals surface area contributed by atoms with Crippen molar-refractivity contribution in [2.75, 3.05) is 6.54 Å². The summed E-state index contributed by atoms with van der Waals surface area (Å²) in [5.74, 6) is -0.302. The van der Waals surface area contributed by atoms with E-state index in [1.165, 1.54) is 12.8 Å². The van der Waals surface area contributed by atoms with Crippen LogP contribution in [0.3, 0.4) is 0 Å². The van der Waals surface area contributed by atoms with Crippen molar-refractivity contribution in [2.45, 2.75) is 58.0 Å². The largest absolute Gasteiger partial charge is 0.480 e. The predicted octanol–water partition coefficient (Wildman–Crippen LogP) is 3.10. The molecule has 0 radical (unpaired) electrons. The quantitative estimate of drug-likeness (QED) is 0.871. The highest BCUT2D eigenvalue weighted by molar-refractivity contribution is 7.09. The minimum absolute atomic E-state index is 0.124. The molecular formula is C14H22N2O2S. The molecule has 0 unspecified atom stereocenters. The van der Waals surface area contributed by atoms with Crippen LogP contribution in [0.4, 0.5) is 0 Å². The molecule has 0 aliphatic heterocycles. The summed E-state index contributed by atoms with van der Waals surface area (Å²) >= 11 is 1.68. The van der Waals surface area contributed by atoms with E-state index in [9.17, 15) is 4.79 Å². The number of rotatable bonds is 6. The SMILES string of the molecule is CC(C)c1nc(CN(CC(=O)O)C2CCCC2)cs1. The van der Waals surface area contributed by atoms with Gasteiger partial charge in [-0.05, 0) is 12.8 Å². The number of aliphatic carboxylic acids is 1. The fraction of sp³-hybridized carbons (Fsp3) is 0.714. The van der Waals surface area contributed by atoms with Crippen LogP contribution in [0.15, 0.2) is 5.38 Å². The van der Waals surface area contributed by atoms with Crippen LogP contribution < -0.4 is 0 Å². The van der Waals surface area contributed by atoms with E-state index in [2.05, 4.69) is 29.1 Å². The summed E-state index contributed by atoms with van der Waals surface area (Å²) in [6.07, 6.45) is 4.67. The molecule has 19 heavy (non-hydrogen) atoms. The molecule has 1 aromatic heterocycles. The number of carboxylic acids is 1. The third-order valence-electron chi connectivity index (χ3n) is 3.61. The van der Waals surface area contributed by atoms with E-state index in [4.69, 9.17) is 5.11 Å². The Morgan fingerprint density at radius 3 is 2.74 bits per heavy atom. The van der Waals surface area contributed by atoms with Crippen molar-refractivity contribution >= 4 is 17.3 Å². The van der Waals surface area contributed by atoms with Crippen LogP contribution in [-0.4, -0.2) is 33.5 Å². The molecule has 0 aromatic carbocycles. The van der Waals surface area contributed by atoms with Crippen molar-refractivity contribution in [2.24, 2.45) is 0 Å². The molecule has 0 atom stereocenters. The summed E-state index contributed by atoms with van der Waals surface area (Å²) in [6.45, 7) is 5.06. The Labute approximate surface area is 118 Å². The van der Waals surface area contributed by atoms with Crippen LogP contribution in [-0.2, 0) is 11.3 Å². The Kier molecular flexibility index (Phi) is 4.93. The average molecular weight is 282 g/mol. The Hall–Kier alpha value is -0.940. The lowest BCUT2D eigenvalue weighted by molar-refractivity contribution is -0.139. The molecule has 0 bridgehead atoms. The van der Waals surface area contributed by atoms with Crippen molar-refractivity contribution < 1.29 is 9.90 Å². The standard InChI is InChI=1S/C14H22N2O2S/c1-10(2)14-15-11(9-19-14)7-16(8-13(17)18)12-5-3-4-6-12/h9-10,12H,3-8H2,1-2H3,(H,17,18). The molecule has 0 amide bonds. The van der Waals surface area contributed by atoms with E-state index >= 15 is 0 Å². The fourth-order valence-electron chi connectivity index (χ4n) is 2.63. The Bertz CT molecular complexity index is 425. The zero-order valence-electron chi connectivity index (χ0n) is 11.6. The minimum Gasteiger partial charge on any atom is -0.480 e. The zero-order chi connectivity index (χ0) is 13.8. The van der Waals surface area contributed by atoms with E-state index in [-0.39, 0.29) is 6.54 Å². The number of carbonyl (C=O) groups is 1. The second kappa shape index (κ2) is 6.48. The van der Waals surface area contributed by atoms with Crippen molar-refractivity contribution in [3.8, 4) is 0 Å². The van der Waals surface area contributed by atoms with Gasteiger partial charge in [-0.15, -0.1) is 11.3 Å². The van der Waals surface area contributed by atoms with Gasteiger partial charge in [0.05, 0.1) is 17.2 Å². The number of aromatic nitrogens is 1. The monoisotopic (exact) mass is 282 g/mol. The third kappa shape index (κ3) is 4.01. The first-order chi connectivity index (χ1) is 9.06. The van der Waals surface area contributed by atoms with Crippen molar-refractivity contribution in [1.82, 2.24) is 9.88 Å². The van der Waals surface area contributed by atoms with Crippen molar-refractivity contribution in [3.63, 3.8) is 0 Å². The predicted molar refractivity (Wildman–Crippen MR) is 76.5 cm³/mol. The molecule has 1 saturated carbocycles. The van der Waals surface area contributed by atoms with Gasteiger partial charge in [-0.1, -0.05) is 26.7 Å². The summed E-state index contributed by atoms with van der Waals surface area (Å²) in [6, 6.07) is 0.417. The van der Waals surface area contributed by atoms with Gasteiger partial charge in [0.25, 0.3) is 0 Å². The van der Waals surface area contributed by atoms with Gasteiger partial charge in [-0.25, -0.2) is 4.98 Å². The maximum atomic E-state index is 11.0. The van der Waals surface area contributed by atoms with Gasteiger partial charge >= 0.3 is 5.97 Å². The van der Waals surface area contributed by atoms with Crippen LogP contribution in [0.5, 0.6) is 0 Å². The number of hydrogen-bond donors (Lipinski definition) is 1. The molecule has 1 N–H and O–H groups in total. The molecule has 1 heterocycles. The molecule has 2 rings (SSSR count). The lowest BCUT2D eigenvalue weighted by Gasteiger charge is -2.26. The van der Waals surface area contributed by atoms with Gasteiger partial charge in [0.15, 0.2) is 0 Å². The Balaban J connectivity index is 2.03. The summed E-state index contributed by atoms with van der Waals surface area (Å²) in [5, 5.41) is 12.3. The van der Waals surface area contributed by atoms with Crippen molar-refractivity contribution in [1.29, 1.82) is 0 Å². The van der Waals surface area contributed by atoms with E-state index in [1.54, 1.807) is 11.3 Å². The summed E-state index contributed by atoms with van der Waals surface area (Å²) in [7, 11) is 0. The van der Waals surface area contributed by atoms with Gasteiger partial charge in [0.2, 0.25) is 0 Å². The molecule has 1 aromatic rings. The minimum atomic E-state index is -0.744. The molecule has 106 valence electrons. The molecular weight excluding hydrogens is 260 g/mol. The number of hydrogen-bond acceptors (Lipinski definition) is 4. The normalized spacial score (nSPS) is 16.6. The molecule has 1 aliphatic carbocycles. The number of carboxylic acid groups (broad SMARTS) is 1. The molecule has 5 heteroatoms. The Morgan fingerprint density at radius 2 is 2.21 bits per heavy atom. The topological polar surface area (TPSA) is 53.4 Å². The van der Waals surface area contributed by atoms with E-state index < -0.39 is 5.97 Å². The average Bonchev–Trinajstić information content (AvgIpc) is 2.98. The van der Waals surface area contributed by atoms with Crippen LogP contribution in [0.2, 0.25) is 0 Å². The van der Waals surface area contributed by atoms with E-state index in [0.29, 0.717) is 18.5 Å². The van der Waals surface area contributed by atoms with E-state index in [1.807, 2.05) is 0 Å². The second-order valence-electron chi connectivity index (χ2n) is 5.57.